The van der Waals surface area contributed by atoms with Crippen LogP contribution in [-0.2, 0) is 4.79 Å². The minimum atomic E-state index is -0.306. The molecule has 1 heterocycles. The molecule has 4 aromatic rings. The number of hydrogen-bond acceptors (Lipinski definition) is 4. The van der Waals surface area contributed by atoms with Gasteiger partial charge in [0.2, 0.25) is 5.91 Å². The zero-order chi connectivity index (χ0) is 18.8. The third-order valence-corrected chi connectivity index (χ3v) is 5.15. The van der Waals surface area contributed by atoms with Crippen molar-refractivity contribution in [2.24, 2.45) is 0 Å². The summed E-state index contributed by atoms with van der Waals surface area (Å²) < 4.78 is 1.02. The highest BCUT2D eigenvalue weighted by Gasteiger charge is 2.11. The summed E-state index contributed by atoms with van der Waals surface area (Å²) in [7, 11) is 0. The van der Waals surface area contributed by atoms with Crippen molar-refractivity contribution in [1.29, 1.82) is 0 Å². The second kappa shape index (κ2) is 7.17. The topological polar surface area (TPSA) is 71.1 Å². The van der Waals surface area contributed by atoms with Crippen LogP contribution in [-0.4, -0.2) is 23.3 Å². The maximum Gasteiger partial charge on any atom is 0.251 e. The first-order valence-corrected chi connectivity index (χ1v) is 9.34. The van der Waals surface area contributed by atoms with Gasteiger partial charge >= 0.3 is 0 Å². The summed E-state index contributed by atoms with van der Waals surface area (Å²) in [5.74, 6) is -0.587. The number of anilines is 1. The second-order valence-corrected chi connectivity index (χ2v) is 7.31. The first-order chi connectivity index (χ1) is 13.1. The summed E-state index contributed by atoms with van der Waals surface area (Å²) in [6.45, 7) is 1.90. The van der Waals surface area contributed by atoms with Gasteiger partial charge in [-0.25, -0.2) is 4.98 Å². The van der Waals surface area contributed by atoms with E-state index in [2.05, 4.69) is 15.6 Å². The van der Waals surface area contributed by atoms with Crippen LogP contribution in [0.2, 0.25) is 0 Å². The van der Waals surface area contributed by atoms with Gasteiger partial charge in [-0.2, -0.15) is 0 Å². The van der Waals surface area contributed by atoms with Crippen molar-refractivity contribution >= 4 is 49.3 Å². The van der Waals surface area contributed by atoms with Crippen molar-refractivity contribution < 1.29 is 9.59 Å². The number of carbonyl (C=O) groups excluding carboxylic acids is 2. The quantitative estimate of drug-likeness (QED) is 0.563. The molecule has 0 saturated carbocycles. The average molecular weight is 375 g/mol. The molecule has 0 aliphatic rings. The fourth-order valence-electron chi connectivity index (χ4n) is 2.84. The van der Waals surface area contributed by atoms with Crippen LogP contribution in [0.4, 0.5) is 5.13 Å². The molecular weight excluding hydrogens is 358 g/mol. The molecule has 0 fully saturated rings. The molecule has 5 nitrogen and oxygen atoms in total. The number of aryl methyl sites for hydroxylation is 1. The van der Waals surface area contributed by atoms with Gasteiger partial charge in [0.15, 0.2) is 5.13 Å². The number of aromatic nitrogens is 1. The van der Waals surface area contributed by atoms with Crippen molar-refractivity contribution in [3.05, 3.63) is 71.8 Å². The summed E-state index contributed by atoms with van der Waals surface area (Å²) in [4.78, 5) is 28.9. The SMILES string of the molecule is Cc1ccc2nc(NC(=O)CNC(=O)c3ccc4ccccc4c3)sc2c1. The zero-order valence-electron chi connectivity index (χ0n) is 14.7. The van der Waals surface area contributed by atoms with Crippen molar-refractivity contribution in [2.75, 3.05) is 11.9 Å². The van der Waals surface area contributed by atoms with Crippen LogP contribution in [0.5, 0.6) is 0 Å². The summed E-state index contributed by atoms with van der Waals surface area (Å²) >= 11 is 1.42. The van der Waals surface area contributed by atoms with Crippen molar-refractivity contribution in [3.8, 4) is 0 Å². The Hall–Kier alpha value is -3.25. The lowest BCUT2D eigenvalue weighted by atomic mass is 10.1. The van der Waals surface area contributed by atoms with Crippen LogP contribution in [0.3, 0.4) is 0 Å². The number of fused-ring (bicyclic) bond motifs is 2. The molecule has 0 saturated heterocycles. The molecule has 134 valence electrons. The van der Waals surface area contributed by atoms with Crippen LogP contribution >= 0.6 is 11.3 Å². The summed E-state index contributed by atoms with van der Waals surface area (Å²) in [5.41, 5.74) is 2.52. The Balaban J connectivity index is 1.39. The van der Waals surface area contributed by atoms with Crippen molar-refractivity contribution in [1.82, 2.24) is 10.3 Å². The molecule has 0 aliphatic heterocycles. The van der Waals surface area contributed by atoms with Crippen LogP contribution < -0.4 is 10.6 Å². The maximum absolute atomic E-state index is 12.3. The number of hydrogen-bond donors (Lipinski definition) is 2. The largest absolute Gasteiger partial charge is 0.343 e. The van der Waals surface area contributed by atoms with E-state index >= 15 is 0 Å². The minimum Gasteiger partial charge on any atom is -0.343 e. The minimum absolute atomic E-state index is 0.111. The Morgan fingerprint density at radius 1 is 1.00 bits per heavy atom. The standard InChI is InChI=1S/C21H17N3O2S/c1-13-6-9-17-18(10-13)27-21(23-17)24-19(25)12-22-20(26)16-8-7-14-4-2-3-5-15(14)11-16/h2-11H,12H2,1H3,(H,22,26)(H,23,24,25). The molecule has 2 amide bonds. The van der Waals surface area contributed by atoms with E-state index in [9.17, 15) is 9.59 Å². The number of benzene rings is 3. The first-order valence-electron chi connectivity index (χ1n) is 8.52. The van der Waals surface area contributed by atoms with Gasteiger partial charge in [0.25, 0.3) is 5.91 Å². The molecule has 0 atom stereocenters. The average Bonchev–Trinajstić information content (AvgIpc) is 3.06. The molecule has 0 unspecified atom stereocenters. The van der Waals surface area contributed by atoms with Crippen molar-refractivity contribution in [3.63, 3.8) is 0 Å². The molecule has 4 rings (SSSR count). The fourth-order valence-corrected chi connectivity index (χ4v) is 3.82. The second-order valence-electron chi connectivity index (χ2n) is 6.28. The molecular formula is C21H17N3O2S. The maximum atomic E-state index is 12.3. The van der Waals surface area contributed by atoms with E-state index in [-0.39, 0.29) is 18.4 Å². The lowest BCUT2D eigenvalue weighted by molar-refractivity contribution is -0.115. The van der Waals surface area contributed by atoms with Crippen molar-refractivity contribution in [2.45, 2.75) is 6.92 Å². The Kier molecular flexibility index (Phi) is 4.56. The predicted molar refractivity (Wildman–Crippen MR) is 109 cm³/mol. The summed E-state index contributed by atoms with van der Waals surface area (Å²) in [6, 6.07) is 19.2. The summed E-state index contributed by atoms with van der Waals surface area (Å²) in [5, 5.41) is 7.97. The molecule has 0 bridgehead atoms. The van der Waals surface area contributed by atoms with E-state index in [0.29, 0.717) is 10.7 Å². The normalized spacial score (nSPS) is 10.9. The predicted octanol–water partition coefficient (Wildman–Crippen LogP) is 4.13. The Morgan fingerprint density at radius 3 is 2.67 bits per heavy atom. The lowest BCUT2D eigenvalue weighted by Crippen LogP contribution is -2.32. The van der Waals surface area contributed by atoms with E-state index in [0.717, 1.165) is 26.6 Å². The van der Waals surface area contributed by atoms with Crippen LogP contribution in [0.1, 0.15) is 15.9 Å². The molecule has 0 aliphatic carbocycles. The highest BCUT2D eigenvalue weighted by atomic mass is 32.1. The molecule has 2 N–H and O–H groups in total. The number of thiazole rings is 1. The molecule has 1 aromatic heterocycles. The molecule has 0 spiro atoms. The van der Waals surface area contributed by atoms with Crippen LogP contribution in [0, 0.1) is 6.92 Å². The molecule has 0 radical (unpaired) electrons. The number of amides is 2. The summed E-state index contributed by atoms with van der Waals surface area (Å²) in [6.07, 6.45) is 0. The Labute approximate surface area is 160 Å². The van der Waals surface area contributed by atoms with Crippen LogP contribution in [0.25, 0.3) is 21.0 Å². The van der Waals surface area contributed by atoms with Gasteiger partial charge in [0.1, 0.15) is 0 Å². The number of nitrogens with one attached hydrogen (secondary N) is 2. The Bertz CT molecular complexity index is 1170. The van der Waals surface area contributed by atoms with Gasteiger partial charge in [0.05, 0.1) is 16.8 Å². The van der Waals surface area contributed by atoms with Crippen LogP contribution in [0.15, 0.2) is 60.7 Å². The smallest absolute Gasteiger partial charge is 0.251 e. The highest BCUT2D eigenvalue weighted by molar-refractivity contribution is 7.22. The molecule has 27 heavy (non-hydrogen) atoms. The van der Waals surface area contributed by atoms with E-state index in [4.69, 9.17) is 0 Å². The lowest BCUT2D eigenvalue weighted by Gasteiger charge is -2.06. The highest BCUT2D eigenvalue weighted by Crippen LogP contribution is 2.26. The number of carbonyl (C=O) groups is 2. The van der Waals surface area contributed by atoms with Gasteiger partial charge in [-0.15, -0.1) is 0 Å². The van der Waals surface area contributed by atoms with Gasteiger partial charge in [-0.3, -0.25) is 9.59 Å². The Morgan fingerprint density at radius 2 is 1.81 bits per heavy atom. The molecule has 3 aromatic carbocycles. The van der Waals surface area contributed by atoms with Gasteiger partial charge in [-0.1, -0.05) is 47.7 Å². The molecule has 6 heteroatoms. The monoisotopic (exact) mass is 375 g/mol. The number of rotatable bonds is 4. The third-order valence-electron chi connectivity index (χ3n) is 4.21. The van der Waals surface area contributed by atoms with E-state index in [1.165, 1.54) is 11.3 Å². The van der Waals surface area contributed by atoms with E-state index < -0.39 is 0 Å². The van der Waals surface area contributed by atoms with Gasteiger partial charge in [0, 0.05) is 5.56 Å². The van der Waals surface area contributed by atoms with E-state index in [1.54, 1.807) is 6.07 Å². The van der Waals surface area contributed by atoms with E-state index in [1.807, 2.05) is 61.5 Å². The van der Waals surface area contributed by atoms with Gasteiger partial charge in [-0.05, 0) is 47.5 Å². The third kappa shape index (κ3) is 3.80. The zero-order valence-corrected chi connectivity index (χ0v) is 15.5. The first kappa shape index (κ1) is 17.2. The number of nitrogens with zero attached hydrogens (tertiary/aromatic N) is 1. The van der Waals surface area contributed by atoms with Gasteiger partial charge < -0.3 is 10.6 Å². The fraction of sp³-hybridized carbons (Fsp3) is 0.0952.